The zero-order chi connectivity index (χ0) is 13.7. The number of nitrogens with zero attached hydrogens (tertiary/aromatic N) is 2. The van der Waals surface area contributed by atoms with Crippen LogP contribution in [-0.4, -0.2) is 54.8 Å². The lowest BCUT2D eigenvalue weighted by Crippen LogP contribution is -2.49. The van der Waals surface area contributed by atoms with Gasteiger partial charge < -0.3 is 15.1 Å². The van der Waals surface area contributed by atoms with Gasteiger partial charge in [-0.05, 0) is 28.1 Å². The van der Waals surface area contributed by atoms with Crippen LogP contribution in [0.25, 0.3) is 0 Å². The van der Waals surface area contributed by atoms with E-state index in [1.165, 1.54) is 0 Å². The Balaban J connectivity index is 1.82. The molecule has 1 aliphatic heterocycles. The van der Waals surface area contributed by atoms with Gasteiger partial charge >= 0.3 is 0 Å². The van der Waals surface area contributed by atoms with Crippen LogP contribution in [0.15, 0.2) is 28.7 Å². The fourth-order valence-electron chi connectivity index (χ4n) is 1.96. The van der Waals surface area contributed by atoms with E-state index in [0.29, 0.717) is 26.2 Å². The van der Waals surface area contributed by atoms with Gasteiger partial charge in [0.1, 0.15) is 0 Å². The lowest BCUT2D eigenvalue weighted by atomic mass is 10.3. The van der Waals surface area contributed by atoms with Gasteiger partial charge in [0.2, 0.25) is 12.3 Å². The van der Waals surface area contributed by atoms with Crippen LogP contribution in [0.5, 0.6) is 0 Å². The first-order valence-electron chi connectivity index (χ1n) is 6.16. The molecule has 0 aromatic heterocycles. The van der Waals surface area contributed by atoms with Crippen molar-refractivity contribution in [1.29, 1.82) is 0 Å². The molecule has 0 bridgehead atoms. The number of carbonyl (C=O) groups excluding carboxylic acids is 2. The summed E-state index contributed by atoms with van der Waals surface area (Å²) in [6, 6.07) is 7.69. The highest BCUT2D eigenvalue weighted by atomic mass is 79.9. The van der Waals surface area contributed by atoms with Gasteiger partial charge in [-0.2, -0.15) is 0 Å². The highest BCUT2D eigenvalue weighted by Crippen LogP contribution is 2.20. The second-order valence-electron chi connectivity index (χ2n) is 4.36. The third kappa shape index (κ3) is 3.70. The Bertz CT molecular complexity index is 459. The molecule has 1 saturated heterocycles. The van der Waals surface area contributed by atoms with Crippen LogP contribution in [0.1, 0.15) is 0 Å². The molecule has 6 heteroatoms. The summed E-state index contributed by atoms with van der Waals surface area (Å²) in [6.45, 7) is 2.71. The van der Waals surface area contributed by atoms with Gasteiger partial charge in [0, 0.05) is 36.3 Å². The van der Waals surface area contributed by atoms with Crippen molar-refractivity contribution < 1.29 is 9.59 Å². The van der Waals surface area contributed by atoms with Crippen molar-refractivity contribution in [2.24, 2.45) is 0 Å². The van der Waals surface area contributed by atoms with E-state index in [1.807, 2.05) is 24.3 Å². The van der Waals surface area contributed by atoms with Crippen molar-refractivity contribution in [3.63, 3.8) is 0 Å². The van der Waals surface area contributed by atoms with E-state index < -0.39 is 0 Å². The summed E-state index contributed by atoms with van der Waals surface area (Å²) in [5.41, 5.74) is 0.905. The predicted octanol–water partition coefficient (Wildman–Crippen LogP) is 1.16. The van der Waals surface area contributed by atoms with Crippen molar-refractivity contribution in [2.45, 2.75) is 0 Å². The molecule has 102 valence electrons. The summed E-state index contributed by atoms with van der Waals surface area (Å²) >= 11 is 3.43. The fraction of sp³-hybridized carbons (Fsp3) is 0.385. The number of hydrogen-bond donors (Lipinski definition) is 1. The van der Waals surface area contributed by atoms with Gasteiger partial charge in [-0.25, -0.2) is 0 Å². The summed E-state index contributed by atoms with van der Waals surface area (Å²) in [5.74, 6) is 0.0568. The fourth-order valence-corrected chi connectivity index (χ4v) is 2.39. The monoisotopic (exact) mass is 325 g/mol. The van der Waals surface area contributed by atoms with E-state index in [-0.39, 0.29) is 12.5 Å². The number of para-hydroxylation sites is 1. The highest BCUT2D eigenvalue weighted by Gasteiger charge is 2.19. The molecule has 1 aromatic rings. The molecule has 1 fully saturated rings. The maximum atomic E-state index is 12.0. The van der Waals surface area contributed by atoms with Crippen molar-refractivity contribution in [1.82, 2.24) is 9.80 Å². The molecule has 0 saturated carbocycles. The van der Waals surface area contributed by atoms with E-state index in [0.717, 1.165) is 16.6 Å². The number of benzene rings is 1. The molecular weight excluding hydrogens is 310 g/mol. The Morgan fingerprint density at radius 1 is 1.26 bits per heavy atom. The van der Waals surface area contributed by atoms with Crippen molar-refractivity contribution in [2.75, 3.05) is 38.0 Å². The first-order valence-corrected chi connectivity index (χ1v) is 6.95. The average Bonchev–Trinajstić information content (AvgIpc) is 2.46. The Morgan fingerprint density at radius 3 is 2.58 bits per heavy atom. The predicted molar refractivity (Wildman–Crippen MR) is 76.8 cm³/mol. The minimum Gasteiger partial charge on any atom is -0.375 e. The van der Waals surface area contributed by atoms with Crippen molar-refractivity contribution in [3.8, 4) is 0 Å². The van der Waals surface area contributed by atoms with Crippen LogP contribution < -0.4 is 5.32 Å². The second kappa shape index (κ2) is 6.56. The summed E-state index contributed by atoms with van der Waals surface area (Å²) in [7, 11) is 0. The normalized spacial score (nSPS) is 15.2. The summed E-state index contributed by atoms with van der Waals surface area (Å²) < 4.78 is 0.938. The molecule has 0 aliphatic carbocycles. The topological polar surface area (TPSA) is 52.7 Å². The maximum Gasteiger partial charge on any atom is 0.241 e. The zero-order valence-electron chi connectivity index (χ0n) is 10.5. The number of nitrogens with one attached hydrogen (secondary N) is 1. The summed E-state index contributed by atoms with van der Waals surface area (Å²) in [4.78, 5) is 26.1. The number of halogens is 1. The molecule has 2 amide bonds. The summed E-state index contributed by atoms with van der Waals surface area (Å²) in [5, 5.41) is 3.11. The lowest BCUT2D eigenvalue weighted by Gasteiger charge is -2.32. The van der Waals surface area contributed by atoms with Crippen molar-refractivity contribution >= 4 is 33.9 Å². The Labute approximate surface area is 120 Å². The van der Waals surface area contributed by atoms with Gasteiger partial charge in [0.15, 0.2) is 0 Å². The molecule has 1 N–H and O–H groups in total. The number of rotatable bonds is 4. The molecule has 2 rings (SSSR count). The lowest BCUT2D eigenvalue weighted by molar-refractivity contribution is -0.133. The number of carbonyl (C=O) groups is 2. The smallest absolute Gasteiger partial charge is 0.241 e. The Hall–Kier alpha value is -1.56. The third-order valence-corrected chi connectivity index (χ3v) is 3.81. The van der Waals surface area contributed by atoms with Gasteiger partial charge in [0.25, 0.3) is 0 Å². The number of amides is 2. The van der Waals surface area contributed by atoms with E-state index in [1.54, 1.807) is 9.80 Å². The average molecular weight is 326 g/mol. The molecule has 1 aromatic carbocycles. The standard InChI is InChI=1S/C13H16BrN3O2/c14-11-3-1-2-4-12(11)15-9-13(19)17-7-5-16(10-18)6-8-17/h1-4,10,15H,5-9H2. The van der Waals surface area contributed by atoms with E-state index in [9.17, 15) is 9.59 Å². The first kappa shape index (κ1) is 13.9. The molecule has 0 unspecified atom stereocenters. The molecular formula is C13H16BrN3O2. The van der Waals surface area contributed by atoms with Gasteiger partial charge in [-0.15, -0.1) is 0 Å². The van der Waals surface area contributed by atoms with Gasteiger partial charge in [-0.3, -0.25) is 9.59 Å². The quantitative estimate of drug-likeness (QED) is 0.845. The highest BCUT2D eigenvalue weighted by molar-refractivity contribution is 9.10. The van der Waals surface area contributed by atoms with Gasteiger partial charge in [-0.1, -0.05) is 12.1 Å². The van der Waals surface area contributed by atoms with Crippen LogP contribution in [0.4, 0.5) is 5.69 Å². The van der Waals surface area contributed by atoms with E-state index in [4.69, 9.17) is 0 Å². The first-order chi connectivity index (χ1) is 9.20. The number of hydrogen-bond acceptors (Lipinski definition) is 3. The molecule has 1 heterocycles. The molecule has 5 nitrogen and oxygen atoms in total. The third-order valence-electron chi connectivity index (χ3n) is 3.12. The Kier molecular flexibility index (Phi) is 4.79. The molecule has 0 atom stereocenters. The van der Waals surface area contributed by atoms with Crippen LogP contribution in [0.3, 0.4) is 0 Å². The Morgan fingerprint density at radius 2 is 1.95 bits per heavy atom. The maximum absolute atomic E-state index is 12.0. The van der Waals surface area contributed by atoms with Gasteiger partial charge in [0.05, 0.1) is 6.54 Å². The minimum atomic E-state index is 0.0568. The molecule has 1 aliphatic rings. The summed E-state index contributed by atoms with van der Waals surface area (Å²) in [6.07, 6.45) is 0.834. The van der Waals surface area contributed by atoms with Crippen LogP contribution in [0, 0.1) is 0 Å². The van der Waals surface area contributed by atoms with Crippen LogP contribution >= 0.6 is 15.9 Å². The van der Waals surface area contributed by atoms with Crippen LogP contribution in [-0.2, 0) is 9.59 Å². The molecule has 0 radical (unpaired) electrons. The van der Waals surface area contributed by atoms with Crippen molar-refractivity contribution in [3.05, 3.63) is 28.7 Å². The second-order valence-corrected chi connectivity index (χ2v) is 5.21. The zero-order valence-corrected chi connectivity index (χ0v) is 12.1. The minimum absolute atomic E-state index is 0.0568. The van der Waals surface area contributed by atoms with E-state index in [2.05, 4.69) is 21.2 Å². The number of piperazine rings is 1. The molecule has 19 heavy (non-hydrogen) atoms. The molecule has 0 spiro atoms. The number of anilines is 1. The van der Waals surface area contributed by atoms with Crippen LogP contribution in [0.2, 0.25) is 0 Å². The van der Waals surface area contributed by atoms with E-state index >= 15 is 0 Å². The SMILES string of the molecule is O=CN1CCN(C(=O)CNc2ccccc2Br)CC1. The largest absolute Gasteiger partial charge is 0.375 e.